The van der Waals surface area contributed by atoms with Crippen LogP contribution in [0.4, 0.5) is 0 Å². The van der Waals surface area contributed by atoms with Crippen LogP contribution in [0, 0.1) is 0 Å². The van der Waals surface area contributed by atoms with Gasteiger partial charge in [-0.1, -0.05) is 0 Å². The monoisotopic (exact) mass is 213 g/mol. The highest BCUT2D eigenvalue weighted by Crippen LogP contribution is 2.33. The van der Waals surface area contributed by atoms with E-state index >= 15 is 0 Å². The van der Waals surface area contributed by atoms with Gasteiger partial charge in [-0.15, -0.1) is 7.17 Å². The van der Waals surface area contributed by atoms with Crippen molar-refractivity contribution in [2.75, 3.05) is 20.4 Å². The van der Waals surface area contributed by atoms with E-state index in [2.05, 4.69) is 5.09 Å². The van der Waals surface area contributed by atoms with Gasteiger partial charge in [0, 0.05) is 19.2 Å². The van der Waals surface area contributed by atoms with Crippen molar-refractivity contribution >= 4 is 22.6 Å². The highest BCUT2D eigenvalue weighted by Gasteiger charge is 2.32. The quantitative estimate of drug-likeness (QED) is 0.521. The Morgan fingerprint density at radius 3 is 2.93 bits per heavy atom. The molecule has 0 bridgehead atoms. The minimum Gasteiger partial charge on any atom is -0.501 e. The first kappa shape index (κ1) is 12.3. The van der Waals surface area contributed by atoms with Crippen LogP contribution in [-0.4, -0.2) is 53.9 Å². The predicted molar refractivity (Wildman–Crippen MR) is 57.1 cm³/mol. The van der Waals surface area contributed by atoms with Crippen LogP contribution in [0.15, 0.2) is 0 Å². The fraction of sp³-hybridized carbons (Fsp3) is 1.00. The fourth-order valence-electron chi connectivity index (χ4n) is 1.56. The molecular formula is C7H14B2NO3P-. The van der Waals surface area contributed by atoms with E-state index in [1.165, 1.54) is 6.66 Å². The highest BCUT2D eigenvalue weighted by atomic mass is 31.2. The van der Waals surface area contributed by atoms with Crippen molar-refractivity contribution in [3.8, 4) is 0 Å². The first-order valence-electron chi connectivity index (χ1n) is 4.46. The molecule has 4 nitrogen and oxygen atoms in total. The largest absolute Gasteiger partial charge is 0.501 e. The maximum absolute atomic E-state index is 11.4. The number of ether oxygens (including phenoxy) is 2. The molecule has 2 unspecified atom stereocenters. The molecule has 0 amide bonds. The van der Waals surface area contributed by atoms with Crippen LogP contribution in [0.3, 0.4) is 0 Å². The molecule has 1 fully saturated rings. The minimum atomic E-state index is -2.74. The maximum atomic E-state index is 11.4. The van der Waals surface area contributed by atoms with Gasteiger partial charge in [-0.2, -0.15) is 0 Å². The molecule has 0 aromatic rings. The van der Waals surface area contributed by atoms with Crippen molar-refractivity contribution in [2.24, 2.45) is 0 Å². The number of nitrogens with one attached hydrogen (secondary N) is 1. The Balaban J connectivity index is 2.53. The van der Waals surface area contributed by atoms with Gasteiger partial charge in [-0.3, -0.25) is 5.09 Å². The van der Waals surface area contributed by atoms with Crippen LogP contribution in [0.25, 0.3) is 0 Å². The minimum absolute atomic E-state index is 0.0919. The summed E-state index contributed by atoms with van der Waals surface area (Å²) in [5, 5.41) is 2.83. The van der Waals surface area contributed by atoms with Crippen LogP contribution >= 0.6 is 7.17 Å². The van der Waals surface area contributed by atoms with E-state index in [9.17, 15) is 4.57 Å². The third kappa shape index (κ3) is 3.77. The Bertz CT molecular complexity index is 235. The average Bonchev–Trinajstić information content (AvgIpc) is 2.28. The van der Waals surface area contributed by atoms with E-state index < -0.39 is 7.17 Å². The van der Waals surface area contributed by atoms with Crippen molar-refractivity contribution in [1.29, 1.82) is 0 Å². The molecule has 0 aromatic carbocycles. The van der Waals surface area contributed by atoms with Gasteiger partial charge in [0.25, 0.3) is 0 Å². The van der Waals surface area contributed by atoms with Gasteiger partial charge in [-0.25, -0.2) is 0 Å². The standard InChI is InChI=1S/C7H14B2NO3P/c1-12-4-6-5(3-7(8)13-6)10-14(2,9)11/h5-7H,3-4H2,1-2H3,(H,10,11)/q-1/t5?,6-,7-,14?/m1/s1. The lowest BCUT2D eigenvalue weighted by Crippen LogP contribution is -2.36. The highest BCUT2D eigenvalue weighted by molar-refractivity contribution is 7.85. The Hall–Kier alpha value is 0.240. The molecule has 5 radical (unpaired) electrons. The second kappa shape index (κ2) is 4.84. The molecule has 1 aliphatic heterocycles. The maximum Gasteiger partial charge on any atom is 0.109 e. The lowest BCUT2D eigenvalue weighted by Gasteiger charge is -2.29. The first-order valence-corrected chi connectivity index (χ1v) is 6.68. The van der Waals surface area contributed by atoms with Crippen molar-refractivity contribution < 1.29 is 14.0 Å². The number of hydrogen-bond donors (Lipinski definition) is 1. The molecule has 77 valence electrons. The summed E-state index contributed by atoms with van der Waals surface area (Å²) in [6.07, 6.45) is 0.426. The molecule has 0 saturated carbocycles. The molecule has 1 saturated heterocycles. The van der Waals surface area contributed by atoms with E-state index in [0.717, 1.165) is 0 Å². The van der Waals surface area contributed by atoms with Gasteiger partial charge >= 0.3 is 0 Å². The van der Waals surface area contributed by atoms with Gasteiger partial charge in [0.1, 0.15) is 7.85 Å². The van der Waals surface area contributed by atoms with Gasteiger partial charge in [0.15, 0.2) is 0 Å². The van der Waals surface area contributed by atoms with E-state index in [0.29, 0.717) is 13.0 Å². The second-order valence-electron chi connectivity index (χ2n) is 3.63. The van der Waals surface area contributed by atoms with Crippen molar-refractivity contribution in [3.63, 3.8) is 0 Å². The molecule has 14 heavy (non-hydrogen) atoms. The zero-order valence-electron chi connectivity index (χ0n) is 8.47. The van der Waals surface area contributed by atoms with E-state index in [4.69, 9.17) is 24.9 Å². The lowest BCUT2D eigenvalue weighted by molar-refractivity contribution is 0.0184. The smallest absolute Gasteiger partial charge is 0.109 e. The Kier molecular flexibility index (Phi) is 4.26. The number of hydrogen-bond acceptors (Lipinski definition) is 3. The van der Waals surface area contributed by atoms with Crippen molar-refractivity contribution in [1.82, 2.24) is 5.09 Å². The molecule has 1 heterocycles. The van der Waals surface area contributed by atoms with Crippen LogP contribution in [0.5, 0.6) is 0 Å². The fourth-order valence-corrected chi connectivity index (χ4v) is 2.49. The summed E-state index contributed by atoms with van der Waals surface area (Å²) in [6, 6.07) is -0.426. The molecular weight excluding hydrogens is 199 g/mol. The summed E-state index contributed by atoms with van der Waals surface area (Å²) < 4.78 is 21.7. The Labute approximate surface area is 87.3 Å². The third-order valence-corrected chi connectivity index (χ3v) is 2.88. The molecule has 0 spiro atoms. The molecule has 1 aliphatic rings. The van der Waals surface area contributed by atoms with E-state index in [1.54, 1.807) is 7.11 Å². The Morgan fingerprint density at radius 2 is 2.43 bits per heavy atom. The molecule has 7 heteroatoms. The molecule has 4 atom stereocenters. The normalized spacial score (nSPS) is 36.9. The summed E-state index contributed by atoms with van der Waals surface area (Å²) in [5.74, 6) is 0. The van der Waals surface area contributed by atoms with E-state index in [1.807, 2.05) is 0 Å². The number of methoxy groups -OCH3 is 1. The van der Waals surface area contributed by atoms with Gasteiger partial charge in [-0.05, 0) is 13.1 Å². The number of rotatable bonds is 4. The molecule has 1 rings (SSSR count). The van der Waals surface area contributed by atoms with Gasteiger partial charge < -0.3 is 21.6 Å². The first-order chi connectivity index (χ1) is 6.42. The zero-order chi connectivity index (χ0) is 10.8. The molecule has 0 aromatic heterocycles. The summed E-state index contributed by atoms with van der Waals surface area (Å²) in [7, 11) is 9.88. The van der Waals surface area contributed by atoms with Crippen LogP contribution in [0.2, 0.25) is 0 Å². The average molecular weight is 213 g/mol. The Morgan fingerprint density at radius 1 is 1.79 bits per heavy atom. The third-order valence-electron chi connectivity index (χ3n) is 2.04. The van der Waals surface area contributed by atoms with Gasteiger partial charge in [0.05, 0.1) is 12.7 Å². The van der Waals surface area contributed by atoms with Crippen LogP contribution < -0.4 is 5.09 Å². The van der Waals surface area contributed by atoms with Crippen molar-refractivity contribution in [3.05, 3.63) is 0 Å². The van der Waals surface area contributed by atoms with Crippen LogP contribution in [-0.2, 0) is 14.0 Å². The molecule has 0 aliphatic carbocycles. The second-order valence-corrected chi connectivity index (χ2v) is 5.87. The van der Waals surface area contributed by atoms with Gasteiger partial charge in [0.2, 0.25) is 0 Å². The summed E-state index contributed by atoms with van der Waals surface area (Å²) in [5.41, 5.74) is 0. The predicted octanol–water partition coefficient (Wildman–Crippen LogP) is -0.134. The summed E-state index contributed by atoms with van der Waals surface area (Å²) in [6.45, 7) is 1.89. The van der Waals surface area contributed by atoms with Crippen LogP contribution in [0.1, 0.15) is 6.42 Å². The lowest BCUT2D eigenvalue weighted by atomic mass is 9.95. The summed E-state index contributed by atoms with van der Waals surface area (Å²) >= 11 is 0. The summed E-state index contributed by atoms with van der Waals surface area (Å²) in [4.78, 5) is 0. The molecule has 1 N–H and O–H groups in total. The zero-order valence-corrected chi connectivity index (χ0v) is 9.37. The SMILES string of the molecule is [B][C@H]1CC(NP([B-])(C)=O)[C@@H](COC)O1. The topological polar surface area (TPSA) is 47.6 Å². The van der Waals surface area contributed by atoms with Crippen molar-refractivity contribution in [2.45, 2.75) is 24.6 Å². The van der Waals surface area contributed by atoms with E-state index in [-0.39, 0.29) is 18.1 Å².